The molecule has 0 saturated carbocycles. The SMILES string of the molecule is C[C@H](NS(=O)(=O)c1ccc(CBr)cc1)c1ccccc1. The molecule has 5 heteroatoms. The molecule has 0 aliphatic rings. The van der Waals surface area contributed by atoms with Crippen molar-refractivity contribution >= 4 is 26.0 Å². The molecule has 1 atom stereocenters. The van der Waals surface area contributed by atoms with Crippen molar-refractivity contribution in [2.24, 2.45) is 0 Å². The van der Waals surface area contributed by atoms with Gasteiger partial charge >= 0.3 is 0 Å². The molecule has 0 aliphatic carbocycles. The minimum absolute atomic E-state index is 0.267. The first-order valence-corrected chi connectivity index (χ1v) is 8.85. The van der Waals surface area contributed by atoms with Crippen molar-refractivity contribution in [3.05, 3.63) is 65.7 Å². The van der Waals surface area contributed by atoms with E-state index in [1.807, 2.05) is 37.3 Å². The molecule has 0 aromatic heterocycles. The first kappa shape index (κ1) is 15.2. The van der Waals surface area contributed by atoms with Gasteiger partial charge in [0.2, 0.25) is 10.0 Å². The molecule has 0 fully saturated rings. The largest absolute Gasteiger partial charge is 0.241 e. The maximum Gasteiger partial charge on any atom is 0.241 e. The molecular formula is C15H16BrNO2S. The molecule has 0 spiro atoms. The Bertz CT molecular complexity index is 654. The Morgan fingerprint density at radius 2 is 1.65 bits per heavy atom. The van der Waals surface area contributed by atoms with Crippen LogP contribution in [-0.4, -0.2) is 8.42 Å². The lowest BCUT2D eigenvalue weighted by Gasteiger charge is -2.14. The number of hydrogen-bond donors (Lipinski definition) is 1. The van der Waals surface area contributed by atoms with Crippen LogP contribution in [0.1, 0.15) is 24.1 Å². The zero-order valence-electron chi connectivity index (χ0n) is 11.1. The molecular weight excluding hydrogens is 338 g/mol. The second kappa shape index (κ2) is 6.52. The van der Waals surface area contributed by atoms with Crippen molar-refractivity contribution in [2.75, 3.05) is 0 Å². The van der Waals surface area contributed by atoms with E-state index in [2.05, 4.69) is 20.7 Å². The highest BCUT2D eigenvalue weighted by atomic mass is 79.9. The average molecular weight is 354 g/mol. The summed E-state index contributed by atoms with van der Waals surface area (Å²) in [6.07, 6.45) is 0. The van der Waals surface area contributed by atoms with Gasteiger partial charge in [-0.15, -0.1) is 0 Å². The van der Waals surface area contributed by atoms with Crippen molar-refractivity contribution < 1.29 is 8.42 Å². The van der Waals surface area contributed by atoms with E-state index in [0.717, 1.165) is 11.1 Å². The minimum Gasteiger partial charge on any atom is -0.207 e. The Morgan fingerprint density at radius 3 is 2.20 bits per heavy atom. The predicted molar refractivity (Wildman–Crippen MR) is 84.3 cm³/mol. The number of benzene rings is 2. The molecule has 0 amide bonds. The Hall–Kier alpha value is -1.17. The van der Waals surface area contributed by atoms with E-state index < -0.39 is 10.0 Å². The molecule has 106 valence electrons. The topological polar surface area (TPSA) is 46.2 Å². The number of halogens is 1. The second-order valence-electron chi connectivity index (χ2n) is 4.53. The van der Waals surface area contributed by atoms with Gasteiger partial charge in [-0.1, -0.05) is 58.4 Å². The standard InChI is InChI=1S/C15H16BrNO2S/c1-12(14-5-3-2-4-6-14)17-20(18,19)15-9-7-13(11-16)8-10-15/h2-10,12,17H,11H2,1H3/t12-/m0/s1. The Morgan fingerprint density at radius 1 is 1.05 bits per heavy atom. The van der Waals surface area contributed by atoms with E-state index in [0.29, 0.717) is 5.33 Å². The quantitative estimate of drug-likeness (QED) is 0.834. The number of alkyl halides is 1. The van der Waals surface area contributed by atoms with Crippen LogP contribution in [0.15, 0.2) is 59.5 Å². The molecule has 2 aromatic rings. The molecule has 0 aliphatic heterocycles. The molecule has 1 N–H and O–H groups in total. The van der Waals surface area contributed by atoms with Gasteiger partial charge in [0.25, 0.3) is 0 Å². The summed E-state index contributed by atoms with van der Waals surface area (Å²) in [4.78, 5) is 0.282. The Balaban J connectivity index is 2.18. The summed E-state index contributed by atoms with van der Waals surface area (Å²) in [5.41, 5.74) is 1.98. The molecule has 0 unspecified atom stereocenters. The van der Waals surface area contributed by atoms with E-state index in [-0.39, 0.29) is 10.9 Å². The Kier molecular flexibility index (Phi) is 4.96. The monoisotopic (exact) mass is 353 g/mol. The number of hydrogen-bond acceptors (Lipinski definition) is 2. The minimum atomic E-state index is -3.50. The van der Waals surface area contributed by atoms with Crippen LogP contribution < -0.4 is 4.72 Å². The second-order valence-corrected chi connectivity index (χ2v) is 6.81. The molecule has 2 aromatic carbocycles. The van der Waals surface area contributed by atoms with Crippen molar-refractivity contribution in [2.45, 2.75) is 23.2 Å². The zero-order chi connectivity index (χ0) is 14.6. The van der Waals surface area contributed by atoms with Crippen molar-refractivity contribution in [3.8, 4) is 0 Å². The van der Waals surface area contributed by atoms with Gasteiger partial charge in [0.1, 0.15) is 0 Å². The fourth-order valence-electron chi connectivity index (χ4n) is 1.87. The number of rotatable bonds is 5. The predicted octanol–water partition coefficient (Wildman–Crippen LogP) is 3.62. The van der Waals surface area contributed by atoms with E-state index in [4.69, 9.17) is 0 Å². The van der Waals surface area contributed by atoms with Crippen LogP contribution in [0.3, 0.4) is 0 Å². The third kappa shape index (κ3) is 3.69. The van der Waals surface area contributed by atoms with Crippen LogP contribution in [0.4, 0.5) is 0 Å². The highest BCUT2D eigenvalue weighted by Crippen LogP contribution is 2.17. The van der Waals surface area contributed by atoms with E-state index in [1.165, 1.54) is 0 Å². The molecule has 0 heterocycles. The van der Waals surface area contributed by atoms with Gasteiger partial charge in [-0.05, 0) is 30.2 Å². The molecule has 3 nitrogen and oxygen atoms in total. The first-order valence-electron chi connectivity index (χ1n) is 6.25. The van der Waals surface area contributed by atoms with E-state index in [9.17, 15) is 8.42 Å². The van der Waals surface area contributed by atoms with Crippen molar-refractivity contribution in [1.29, 1.82) is 0 Å². The molecule has 2 rings (SSSR count). The van der Waals surface area contributed by atoms with Crippen LogP contribution in [0, 0.1) is 0 Å². The summed E-state index contributed by atoms with van der Waals surface area (Å²) in [6.45, 7) is 1.83. The van der Waals surface area contributed by atoms with Crippen molar-refractivity contribution in [1.82, 2.24) is 4.72 Å². The van der Waals surface area contributed by atoms with Crippen LogP contribution in [-0.2, 0) is 15.4 Å². The van der Waals surface area contributed by atoms with Gasteiger partial charge in [0.15, 0.2) is 0 Å². The normalized spacial score (nSPS) is 13.1. The van der Waals surface area contributed by atoms with Gasteiger partial charge in [0, 0.05) is 11.4 Å². The third-order valence-electron chi connectivity index (χ3n) is 3.02. The van der Waals surface area contributed by atoms with Crippen LogP contribution in [0.2, 0.25) is 0 Å². The first-order chi connectivity index (χ1) is 9.53. The summed E-state index contributed by atoms with van der Waals surface area (Å²) in [5, 5.41) is 0.709. The van der Waals surface area contributed by atoms with Crippen LogP contribution in [0.25, 0.3) is 0 Å². The lowest BCUT2D eigenvalue weighted by molar-refractivity contribution is 0.567. The van der Waals surface area contributed by atoms with Crippen molar-refractivity contribution in [3.63, 3.8) is 0 Å². The molecule has 20 heavy (non-hydrogen) atoms. The summed E-state index contributed by atoms with van der Waals surface area (Å²) in [6, 6.07) is 16.1. The third-order valence-corrected chi connectivity index (χ3v) is 5.22. The maximum atomic E-state index is 12.3. The number of sulfonamides is 1. The van der Waals surface area contributed by atoms with Crippen LogP contribution in [0.5, 0.6) is 0 Å². The highest BCUT2D eigenvalue weighted by Gasteiger charge is 2.17. The Labute approximate surface area is 128 Å². The maximum absolute atomic E-state index is 12.3. The number of nitrogens with one attached hydrogen (secondary N) is 1. The van der Waals surface area contributed by atoms with Gasteiger partial charge in [-0.3, -0.25) is 0 Å². The molecule has 0 radical (unpaired) electrons. The lowest BCUT2D eigenvalue weighted by Crippen LogP contribution is -2.26. The highest BCUT2D eigenvalue weighted by molar-refractivity contribution is 9.08. The smallest absolute Gasteiger partial charge is 0.207 e. The summed E-state index contributed by atoms with van der Waals surface area (Å²) >= 11 is 3.34. The zero-order valence-corrected chi connectivity index (χ0v) is 13.5. The van der Waals surface area contributed by atoms with Gasteiger partial charge < -0.3 is 0 Å². The molecule has 0 bridgehead atoms. The average Bonchev–Trinajstić information content (AvgIpc) is 2.48. The summed E-state index contributed by atoms with van der Waals surface area (Å²) in [5.74, 6) is 0. The van der Waals surface area contributed by atoms with E-state index >= 15 is 0 Å². The lowest BCUT2D eigenvalue weighted by atomic mass is 10.1. The van der Waals surface area contributed by atoms with Crippen LogP contribution >= 0.6 is 15.9 Å². The summed E-state index contributed by atoms with van der Waals surface area (Å²) in [7, 11) is -3.50. The van der Waals surface area contributed by atoms with Gasteiger partial charge in [-0.2, -0.15) is 0 Å². The fourth-order valence-corrected chi connectivity index (χ4v) is 3.47. The fraction of sp³-hybridized carbons (Fsp3) is 0.200. The molecule has 0 saturated heterocycles. The van der Waals surface area contributed by atoms with Gasteiger partial charge in [0.05, 0.1) is 4.90 Å². The van der Waals surface area contributed by atoms with E-state index in [1.54, 1.807) is 24.3 Å². The van der Waals surface area contributed by atoms with Gasteiger partial charge in [-0.25, -0.2) is 13.1 Å². The summed E-state index contributed by atoms with van der Waals surface area (Å²) < 4.78 is 27.3.